The minimum Gasteiger partial charge on any atom is -0.378 e. The number of hydrogen-bond acceptors (Lipinski definition) is 4. The molecule has 1 aliphatic carbocycles. The number of hydrogen-bond donors (Lipinski definition) is 1. The van der Waals surface area contributed by atoms with E-state index in [-0.39, 0.29) is 24.0 Å². The first-order valence-electron chi connectivity index (χ1n) is 9.54. The molecule has 5 nitrogen and oxygen atoms in total. The van der Waals surface area contributed by atoms with E-state index in [2.05, 4.69) is 16.7 Å². The molecule has 0 aromatic rings. The molecule has 134 valence electrons. The molecule has 0 spiro atoms. The second kappa shape index (κ2) is 9.60. The monoisotopic (exact) mass is 325 g/mol. The largest absolute Gasteiger partial charge is 0.378 e. The smallest absolute Gasteiger partial charge is 0.235 e. The van der Waals surface area contributed by atoms with Gasteiger partial charge in [-0.25, -0.2) is 0 Å². The molecule has 5 heteroatoms. The Bertz CT molecular complexity index is 354. The SMILES string of the molecule is CCCCN1CCN(C(C(N)=O)C2CCCCC2OCC)CC1. The second-order valence-electron chi connectivity index (χ2n) is 7.02. The summed E-state index contributed by atoms with van der Waals surface area (Å²) in [5.74, 6) is 0.104. The highest BCUT2D eigenvalue weighted by Crippen LogP contribution is 2.32. The Hall–Kier alpha value is -0.650. The molecule has 1 heterocycles. The van der Waals surface area contributed by atoms with Crippen LogP contribution in [0.25, 0.3) is 0 Å². The van der Waals surface area contributed by atoms with Crippen molar-refractivity contribution in [3.63, 3.8) is 0 Å². The van der Waals surface area contributed by atoms with Gasteiger partial charge in [-0.1, -0.05) is 26.2 Å². The van der Waals surface area contributed by atoms with Crippen molar-refractivity contribution in [2.24, 2.45) is 11.7 Å². The van der Waals surface area contributed by atoms with Crippen LogP contribution < -0.4 is 5.73 Å². The number of carbonyl (C=O) groups is 1. The molecular weight excluding hydrogens is 290 g/mol. The Morgan fingerprint density at radius 1 is 1.17 bits per heavy atom. The van der Waals surface area contributed by atoms with E-state index in [4.69, 9.17) is 10.5 Å². The van der Waals surface area contributed by atoms with Gasteiger partial charge in [0.2, 0.25) is 5.91 Å². The van der Waals surface area contributed by atoms with Gasteiger partial charge in [-0.15, -0.1) is 0 Å². The van der Waals surface area contributed by atoms with Crippen LogP contribution in [0.15, 0.2) is 0 Å². The highest BCUT2D eigenvalue weighted by molar-refractivity contribution is 5.80. The number of unbranched alkanes of at least 4 members (excludes halogenated alkanes) is 1. The number of ether oxygens (including phenoxy) is 1. The van der Waals surface area contributed by atoms with Gasteiger partial charge in [0, 0.05) is 38.7 Å². The maximum atomic E-state index is 12.2. The van der Waals surface area contributed by atoms with E-state index >= 15 is 0 Å². The average Bonchev–Trinajstić information content (AvgIpc) is 2.56. The lowest BCUT2D eigenvalue weighted by Gasteiger charge is -2.44. The summed E-state index contributed by atoms with van der Waals surface area (Å²) in [6.45, 7) is 10.2. The molecule has 3 atom stereocenters. The number of nitrogens with zero attached hydrogens (tertiary/aromatic N) is 2. The van der Waals surface area contributed by atoms with Crippen LogP contribution >= 0.6 is 0 Å². The van der Waals surface area contributed by atoms with Crippen molar-refractivity contribution in [2.75, 3.05) is 39.3 Å². The molecule has 1 saturated heterocycles. The lowest BCUT2D eigenvalue weighted by Crippen LogP contribution is -2.59. The molecule has 1 aliphatic heterocycles. The maximum absolute atomic E-state index is 12.2. The summed E-state index contributed by atoms with van der Waals surface area (Å²) >= 11 is 0. The average molecular weight is 325 g/mol. The van der Waals surface area contributed by atoms with Crippen molar-refractivity contribution in [1.29, 1.82) is 0 Å². The Morgan fingerprint density at radius 3 is 2.48 bits per heavy atom. The summed E-state index contributed by atoms with van der Waals surface area (Å²) in [5.41, 5.74) is 5.82. The Balaban J connectivity index is 1.97. The topological polar surface area (TPSA) is 58.8 Å². The van der Waals surface area contributed by atoms with Crippen LogP contribution in [0.2, 0.25) is 0 Å². The van der Waals surface area contributed by atoms with Crippen LogP contribution in [-0.4, -0.2) is 67.2 Å². The molecular formula is C18H35N3O2. The molecule has 2 aliphatic rings. The van der Waals surface area contributed by atoms with Crippen molar-refractivity contribution < 1.29 is 9.53 Å². The van der Waals surface area contributed by atoms with Gasteiger partial charge in [0.15, 0.2) is 0 Å². The third-order valence-electron chi connectivity index (χ3n) is 5.46. The summed E-state index contributed by atoms with van der Waals surface area (Å²) in [6, 6.07) is -0.153. The zero-order valence-corrected chi connectivity index (χ0v) is 15.0. The van der Waals surface area contributed by atoms with Gasteiger partial charge in [-0.2, -0.15) is 0 Å². The number of carbonyl (C=O) groups excluding carboxylic acids is 1. The Kier molecular flexibility index (Phi) is 7.80. The van der Waals surface area contributed by atoms with Crippen LogP contribution in [-0.2, 0) is 9.53 Å². The molecule has 0 aromatic carbocycles. The molecule has 1 saturated carbocycles. The van der Waals surface area contributed by atoms with E-state index in [0.717, 1.165) is 45.6 Å². The van der Waals surface area contributed by atoms with Crippen molar-refractivity contribution in [2.45, 2.75) is 64.5 Å². The Labute approximate surface area is 141 Å². The van der Waals surface area contributed by atoms with Crippen molar-refractivity contribution in [1.82, 2.24) is 9.80 Å². The third kappa shape index (κ3) is 5.16. The van der Waals surface area contributed by atoms with Crippen molar-refractivity contribution >= 4 is 5.91 Å². The lowest BCUT2D eigenvalue weighted by atomic mass is 9.80. The first-order chi connectivity index (χ1) is 11.2. The van der Waals surface area contributed by atoms with Gasteiger partial charge in [0.25, 0.3) is 0 Å². The molecule has 0 radical (unpaired) electrons. The predicted octanol–water partition coefficient (Wildman–Crippen LogP) is 1.85. The zero-order chi connectivity index (χ0) is 16.7. The molecule has 23 heavy (non-hydrogen) atoms. The third-order valence-corrected chi connectivity index (χ3v) is 5.46. The maximum Gasteiger partial charge on any atom is 0.235 e. The van der Waals surface area contributed by atoms with Gasteiger partial charge < -0.3 is 15.4 Å². The fourth-order valence-electron chi connectivity index (χ4n) is 4.22. The first kappa shape index (κ1) is 18.7. The molecule has 0 aromatic heterocycles. The molecule has 2 N–H and O–H groups in total. The van der Waals surface area contributed by atoms with E-state index < -0.39 is 0 Å². The molecule has 2 fully saturated rings. The zero-order valence-electron chi connectivity index (χ0n) is 15.0. The standard InChI is InChI=1S/C18H35N3O2/c1-3-5-10-20-11-13-21(14-12-20)17(18(19)22)15-8-6-7-9-16(15)23-4-2/h15-17H,3-14H2,1-2H3,(H2,19,22). The predicted molar refractivity (Wildman–Crippen MR) is 93.3 cm³/mol. The molecule has 1 amide bonds. The van der Waals surface area contributed by atoms with E-state index in [0.29, 0.717) is 0 Å². The van der Waals surface area contributed by atoms with Crippen molar-refractivity contribution in [3.8, 4) is 0 Å². The molecule has 0 bridgehead atoms. The van der Waals surface area contributed by atoms with Crippen LogP contribution in [0, 0.1) is 5.92 Å². The normalized spacial score (nSPS) is 28.6. The number of rotatable bonds is 8. The van der Waals surface area contributed by atoms with E-state index in [1.165, 1.54) is 32.2 Å². The van der Waals surface area contributed by atoms with Crippen LogP contribution in [0.1, 0.15) is 52.4 Å². The van der Waals surface area contributed by atoms with Gasteiger partial charge >= 0.3 is 0 Å². The van der Waals surface area contributed by atoms with Crippen molar-refractivity contribution in [3.05, 3.63) is 0 Å². The number of nitrogens with two attached hydrogens (primary N) is 1. The molecule has 3 unspecified atom stereocenters. The second-order valence-corrected chi connectivity index (χ2v) is 7.02. The summed E-state index contributed by atoms with van der Waals surface area (Å²) in [5, 5.41) is 0. The minimum atomic E-state index is -0.163. The fraction of sp³-hybridized carbons (Fsp3) is 0.944. The lowest BCUT2D eigenvalue weighted by molar-refractivity contribution is -0.131. The van der Waals surface area contributed by atoms with E-state index in [1.807, 2.05) is 6.92 Å². The van der Waals surface area contributed by atoms with Gasteiger partial charge in [0.05, 0.1) is 12.1 Å². The highest BCUT2D eigenvalue weighted by atomic mass is 16.5. The first-order valence-corrected chi connectivity index (χ1v) is 9.54. The van der Waals surface area contributed by atoms with Crippen LogP contribution in [0.4, 0.5) is 0 Å². The van der Waals surface area contributed by atoms with E-state index in [9.17, 15) is 4.79 Å². The summed E-state index contributed by atoms with van der Waals surface area (Å²) in [7, 11) is 0. The van der Waals surface area contributed by atoms with Gasteiger partial charge in [0.1, 0.15) is 0 Å². The quantitative estimate of drug-likeness (QED) is 0.740. The fourth-order valence-corrected chi connectivity index (χ4v) is 4.22. The molecule has 2 rings (SSSR count). The van der Waals surface area contributed by atoms with Gasteiger partial charge in [-0.05, 0) is 32.7 Å². The minimum absolute atomic E-state index is 0.153. The van der Waals surface area contributed by atoms with E-state index in [1.54, 1.807) is 0 Å². The number of primary amides is 1. The number of piperazine rings is 1. The summed E-state index contributed by atoms with van der Waals surface area (Å²) < 4.78 is 5.95. The van der Waals surface area contributed by atoms with Gasteiger partial charge in [-0.3, -0.25) is 9.69 Å². The summed E-state index contributed by atoms with van der Waals surface area (Å²) in [4.78, 5) is 17.1. The van der Waals surface area contributed by atoms with Crippen LogP contribution in [0.3, 0.4) is 0 Å². The highest BCUT2D eigenvalue weighted by Gasteiger charge is 2.39. The summed E-state index contributed by atoms with van der Waals surface area (Å²) in [6.07, 6.45) is 7.22. The Morgan fingerprint density at radius 2 is 1.87 bits per heavy atom. The number of amides is 1. The van der Waals surface area contributed by atoms with Crippen LogP contribution in [0.5, 0.6) is 0 Å².